The fraction of sp³-hybridized carbons (Fsp3) is 0.400. The molecule has 1 fully saturated rings. The van der Waals surface area contributed by atoms with Gasteiger partial charge in [-0.05, 0) is 24.6 Å². The van der Waals surface area contributed by atoms with Crippen LogP contribution >= 0.6 is 11.8 Å². The molecule has 0 N–H and O–H groups in total. The van der Waals surface area contributed by atoms with Crippen LogP contribution in [0.3, 0.4) is 0 Å². The number of fused-ring (bicyclic) bond motifs is 1. The molecule has 0 amide bonds. The first-order chi connectivity index (χ1) is 14.1. The Kier molecular flexibility index (Phi) is 5.31. The van der Waals surface area contributed by atoms with E-state index in [-0.39, 0.29) is 28.7 Å². The molecule has 1 saturated heterocycles. The molecule has 0 unspecified atom stereocenters. The summed E-state index contributed by atoms with van der Waals surface area (Å²) in [6.45, 7) is 2.13. The minimum atomic E-state index is -0.366. The van der Waals surface area contributed by atoms with Crippen LogP contribution in [0, 0.1) is 10.1 Å². The number of methoxy groups -OCH3 is 2. The SMILES string of the molecule is CC[C@@H]1CSC2=N[C@@H](c3ccccn3)[C@@H](c3cc(OC)c(OC)cc3[N+](=O)[O-])N21. The molecule has 0 aliphatic carbocycles. The summed E-state index contributed by atoms with van der Waals surface area (Å²) in [5, 5.41) is 12.9. The van der Waals surface area contributed by atoms with Gasteiger partial charge < -0.3 is 14.4 Å². The van der Waals surface area contributed by atoms with Gasteiger partial charge in [-0.2, -0.15) is 0 Å². The Morgan fingerprint density at radius 2 is 2.03 bits per heavy atom. The molecule has 9 heteroatoms. The van der Waals surface area contributed by atoms with E-state index >= 15 is 0 Å². The standard InChI is InChI=1S/C20H22N4O4S/c1-4-12-11-29-20-22-18(14-7-5-6-8-21-14)19(23(12)20)13-9-16(27-2)17(28-3)10-15(13)24(25)26/h5-10,12,18-19H,4,11H2,1-3H3/t12-,18+,19-/m1/s1. The molecule has 3 atom stereocenters. The number of nitro groups is 1. The topological polar surface area (TPSA) is 90.1 Å². The second kappa shape index (κ2) is 7.90. The van der Waals surface area contributed by atoms with Crippen LogP contribution < -0.4 is 9.47 Å². The van der Waals surface area contributed by atoms with Gasteiger partial charge in [0.25, 0.3) is 5.69 Å². The number of hydrogen-bond acceptors (Lipinski definition) is 8. The van der Waals surface area contributed by atoms with Crippen LogP contribution in [0.15, 0.2) is 41.5 Å². The Morgan fingerprint density at radius 3 is 2.66 bits per heavy atom. The summed E-state index contributed by atoms with van der Waals surface area (Å²) < 4.78 is 10.7. The summed E-state index contributed by atoms with van der Waals surface area (Å²) in [5.41, 5.74) is 1.35. The second-order valence-electron chi connectivity index (χ2n) is 6.86. The lowest BCUT2D eigenvalue weighted by atomic mass is 9.93. The Bertz CT molecular complexity index is 953. The largest absolute Gasteiger partial charge is 0.493 e. The molecular formula is C20H22N4O4S. The summed E-state index contributed by atoms with van der Waals surface area (Å²) in [6.07, 6.45) is 2.65. The zero-order valence-electron chi connectivity index (χ0n) is 16.4. The highest BCUT2D eigenvalue weighted by atomic mass is 32.2. The smallest absolute Gasteiger partial charge is 0.278 e. The van der Waals surface area contributed by atoms with Crippen molar-refractivity contribution < 1.29 is 14.4 Å². The molecule has 29 heavy (non-hydrogen) atoms. The predicted octanol–water partition coefficient (Wildman–Crippen LogP) is 3.99. The first kappa shape index (κ1) is 19.5. The summed E-state index contributed by atoms with van der Waals surface area (Å²) in [5.74, 6) is 1.71. The molecule has 0 bridgehead atoms. The monoisotopic (exact) mass is 414 g/mol. The molecule has 8 nitrogen and oxygen atoms in total. The number of ether oxygens (including phenoxy) is 2. The molecule has 152 valence electrons. The number of aliphatic imine (C=N–C) groups is 1. The quantitative estimate of drug-likeness (QED) is 0.521. The van der Waals surface area contributed by atoms with Crippen molar-refractivity contribution in [2.75, 3.05) is 20.0 Å². The zero-order valence-corrected chi connectivity index (χ0v) is 17.3. The van der Waals surface area contributed by atoms with E-state index in [9.17, 15) is 10.1 Å². The lowest BCUT2D eigenvalue weighted by Gasteiger charge is -2.31. The average Bonchev–Trinajstić information content (AvgIpc) is 3.32. The van der Waals surface area contributed by atoms with E-state index in [0.717, 1.165) is 23.0 Å². The minimum Gasteiger partial charge on any atom is -0.493 e. The fourth-order valence-corrected chi connectivity index (χ4v) is 5.30. The van der Waals surface area contributed by atoms with Crippen molar-refractivity contribution in [3.63, 3.8) is 0 Å². The van der Waals surface area contributed by atoms with E-state index in [4.69, 9.17) is 14.5 Å². The zero-order chi connectivity index (χ0) is 20.5. The maximum atomic E-state index is 12.0. The lowest BCUT2D eigenvalue weighted by Crippen LogP contribution is -2.35. The van der Waals surface area contributed by atoms with Crippen molar-refractivity contribution in [3.8, 4) is 11.5 Å². The third-order valence-electron chi connectivity index (χ3n) is 5.38. The van der Waals surface area contributed by atoms with Crippen LogP contribution in [0.5, 0.6) is 11.5 Å². The molecule has 0 radical (unpaired) electrons. The maximum Gasteiger partial charge on any atom is 0.278 e. The van der Waals surface area contributed by atoms with E-state index in [2.05, 4.69) is 16.8 Å². The van der Waals surface area contributed by atoms with Gasteiger partial charge in [0.15, 0.2) is 16.7 Å². The van der Waals surface area contributed by atoms with Crippen LogP contribution in [0.2, 0.25) is 0 Å². The number of rotatable bonds is 6. The van der Waals surface area contributed by atoms with Crippen molar-refractivity contribution in [1.29, 1.82) is 0 Å². The summed E-state index contributed by atoms with van der Waals surface area (Å²) in [4.78, 5) is 23.2. The number of nitrogens with zero attached hydrogens (tertiary/aromatic N) is 4. The highest BCUT2D eigenvalue weighted by Crippen LogP contribution is 2.52. The van der Waals surface area contributed by atoms with E-state index in [1.807, 2.05) is 18.2 Å². The van der Waals surface area contributed by atoms with Crippen molar-refractivity contribution in [2.24, 2.45) is 4.99 Å². The van der Waals surface area contributed by atoms with Crippen molar-refractivity contribution in [1.82, 2.24) is 9.88 Å². The van der Waals surface area contributed by atoms with Gasteiger partial charge in [-0.3, -0.25) is 20.1 Å². The Morgan fingerprint density at radius 1 is 1.28 bits per heavy atom. The van der Waals surface area contributed by atoms with E-state index in [1.165, 1.54) is 20.3 Å². The minimum absolute atomic E-state index is 0.00298. The third-order valence-corrected chi connectivity index (χ3v) is 6.50. The predicted molar refractivity (Wildman–Crippen MR) is 112 cm³/mol. The average molecular weight is 414 g/mol. The Balaban J connectivity index is 1.91. The molecule has 1 aromatic heterocycles. The van der Waals surface area contributed by atoms with Gasteiger partial charge in [0.05, 0.1) is 42.5 Å². The molecule has 2 aliphatic rings. The molecular weight excluding hydrogens is 392 g/mol. The van der Waals surface area contributed by atoms with Gasteiger partial charge in [-0.25, -0.2) is 0 Å². The number of benzene rings is 1. The van der Waals surface area contributed by atoms with Crippen LogP contribution in [-0.2, 0) is 0 Å². The summed E-state index contributed by atoms with van der Waals surface area (Å²) in [6, 6.07) is 8.43. The van der Waals surface area contributed by atoms with Crippen molar-refractivity contribution in [3.05, 3.63) is 57.9 Å². The number of aromatic nitrogens is 1. The van der Waals surface area contributed by atoms with Crippen LogP contribution in [0.25, 0.3) is 0 Å². The molecule has 1 aromatic carbocycles. The molecule has 0 spiro atoms. The van der Waals surface area contributed by atoms with Crippen molar-refractivity contribution >= 4 is 22.6 Å². The van der Waals surface area contributed by atoms with Crippen LogP contribution in [0.1, 0.15) is 36.7 Å². The van der Waals surface area contributed by atoms with Gasteiger partial charge in [-0.15, -0.1) is 0 Å². The number of amidine groups is 1. The molecule has 4 rings (SSSR count). The van der Waals surface area contributed by atoms with Gasteiger partial charge in [0.2, 0.25) is 0 Å². The lowest BCUT2D eigenvalue weighted by molar-refractivity contribution is -0.386. The van der Waals surface area contributed by atoms with Gasteiger partial charge in [0.1, 0.15) is 6.04 Å². The number of nitro benzene ring substituents is 1. The summed E-state index contributed by atoms with van der Waals surface area (Å²) >= 11 is 1.70. The Hall–Kier alpha value is -2.81. The fourth-order valence-electron chi connectivity index (χ4n) is 3.97. The van der Waals surface area contributed by atoms with Crippen molar-refractivity contribution in [2.45, 2.75) is 31.5 Å². The molecule has 2 aromatic rings. The van der Waals surface area contributed by atoms with Gasteiger partial charge >= 0.3 is 0 Å². The first-order valence-electron chi connectivity index (χ1n) is 9.39. The number of thioether (sulfide) groups is 1. The highest BCUT2D eigenvalue weighted by molar-refractivity contribution is 8.14. The van der Waals surface area contributed by atoms with Gasteiger partial charge in [-0.1, -0.05) is 24.8 Å². The van der Waals surface area contributed by atoms with Crippen LogP contribution in [-0.4, -0.2) is 46.0 Å². The summed E-state index contributed by atoms with van der Waals surface area (Å²) in [7, 11) is 3.00. The van der Waals surface area contributed by atoms with E-state index < -0.39 is 0 Å². The molecule has 0 saturated carbocycles. The first-order valence-corrected chi connectivity index (χ1v) is 10.4. The number of pyridine rings is 1. The number of hydrogen-bond donors (Lipinski definition) is 0. The Labute approximate surface area is 173 Å². The highest BCUT2D eigenvalue weighted by Gasteiger charge is 2.47. The van der Waals surface area contributed by atoms with Gasteiger partial charge in [0, 0.05) is 18.0 Å². The third kappa shape index (κ3) is 3.29. The van der Waals surface area contributed by atoms with E-state index in [0.29, 0.717) is 17.1 Å². The van der Waals surface area contributed by atoms with E-state index in [1.54, 1.807) is 24.0 Å². The molecule has 2 aliphatic heterocycles. The van der Waals surface area contributed by atoms with Crippen LogP contribution in [0.4, 0.5) is 5.69 Å². The maximum absolute atomic E-state index is 12.0. The molecule has 3 heterocycles. The normalized spacial score (nSPS) is 22.9. The second-order valence-corrected chi connectivity index (χ2v) is 7.85.